The molecule has 0 aromatic heterocycles. The highest BCUT2D eigenvalue weighted by Gasteiger charge is 2.12. The second-order valence-corrected chi connectivity index (χ2v) is 5.83. The highest BCUT2D eigenvalue weighted by atomic mass is 16.5. The summed E-state index contributed by atoms with van der Waals surface area (Å²) in [4.78, 5) is 0. The Labute approximate surface area is 117 Å². The summed E-state index contributed by atoms with van der Waals surface area (Å²) in [7, 11) is 0. The van der Waals surface area contributed by atoms with Gasteiger partial charge in [-0.25, -0.2) is 0 Å². The highest BCUT2D eigenvalue weighted by molar-refractivity contribution is 5.47. The molecule has 0 amide bonds. The van der Waals surface area contributed by atoms with Gasteiger partial charge in [0.1, 0.15) is 5.75 Å². The Morgan fingerprint density at radius 3 is 2.47 bits per heavy atom. The number of anilines is 1. The predicted octanol–water partition coefficient (Wildman–Crippen LogP) is 4.86. The van der Waals surface area contributed by atoms with Gasteiger partial charge in [-0.15, -0.1) is 0 Å². The van der Waals surface area contributed by atoms with Crippen molar-refractivity contribution in [1.82, 2.24) is 0 Å². The van der Waals surface area contributed by atoms with Crippen molar-refractivity contribution in [3.63, 3.8) is 0 Å². The van der Waals surface area contributed by atoms with Gasteiger partial charge in [0.05, 0.1) is 6.61 Å². The fourth-order valence-electron chi connectivity index (χ4n) is 2.49. The lowest BCUT2D eigenvalue weighted by Crippen LogP contribution is -2.22. The fourth-order valence-corrected chi connectivity index (χ4v) is 2.49. The van der Waals surface area contributed by atoms with Crippen molar-refractivity contribution < 1.29 is 4.74 Å². The van der Waals surface area contributed by atoms with E-state index in [-0.39, 0.29) is 0 Å². The van der Waals surface area contributed by atoms with Gasteiger partial charge in [0.15, 0.2) is 0 Å². The van der Waals surface area contributed by atoms with Crippen LogP contribution in [0.3, 0.4) is 0 Å². The smallest absolute Gasteiger partial charge is 0.119 e. The first-order valence-corrected chi connectivity index (χ1v) is 7.77. The molecule has 1 aliphatic carbocycles. The average molecular weight is 261 g/mol. The third-order valence-electron chi connectivity index (χ3n) is 4.06. The second kappa shape index (κ2) is 7.42. The molecule has 1 aliphatic rings. The van der Waals surface area contributed by atoms with Crippen LogP contribution in [-0.2, 0) is 0 Å². The minimum absolute atomic E-state index is 0.625. The van der Waals surface area contributed by atoms with Crippen LogP contribution in [0.15, 0.2) is 24.3 Å². The molecule has 19 heavy (non-hydrogen) atoms. The second-order valence-electron chi connectivity index (χ2n) is 5.83. The summed E-state index contributed by atoms with van der Waals surface area (Å²) in [6.07, 6.45) is 7.93. The molecule has 1 aromatic carbocycles. The molecule has 0 spiro atoms. The van der Waals surface area contributed by atoms with Crippen LogP contribution in [0.4, 0.5) is 5.69 Å². The zero-order valence-corrected chi connectivity index (χ0v) is 12.3. The average Bonchev–Trinajstić information content (AvgIpc) is 2.47. The summed E-state index contributed by atoms with van der Waals surface area (Å²) in [5, 5.41) is 3.63. The predicted molar refractivity (Wildman–Crippen MR) is 81.9 cm³/mol. The summed E-state index contributed by atoms with van der Waals surface area (Å²) in [5.41, 5.74) is 1.22. The lowest BCUT2D eigenvalue weighted by atomic mass is 9.95. The van der Waals surface area contributed by atoms with E-state index in [1.54, 1.807) is 0 Å². The molecule has 0 aliphatic heterocycles. The maximum absolute atomic E-state index is 5.78. The van der Waals surface area contributed by atoms with Gasteiger partial charge in [0.25, 0.3) is 0 Å². The van der Waals surface area contributed by atoms with Crippen molar-refractivity contribution in [1.29, 1.82) is 0 Å². The van der Waals surface area contributed by atoms with Crippen molar-refractivity contribution in [2.24, 2.45) is 5.92 Å². The van der Waals surface area contributed by atoms with Gasteiger partial charge in [0.2, 0.25) is 0 Å². The Hall–Kier alpha value is -1.18. The fraction of sp³-hybridized carbons (Fsp3) is 0.647. The van der Waals surface area contributed by atoms with E-state index in [9.17, 15) is 0 Å². The molecule has 2 rings (SSSR count). The van der Waals surface area contributed by atoms with Gasteiger partial charge >= 0.3 is 0 Å². The quantitative estimate of drug-likeness (QED) is 0.790. The Morgan fingerprint density at radius 2 is 1.84 bits per heavy atom. The summed E-state index contributed by atoms with van der Waals surface area (Å²) < 4.78 is 5.78. The topological polar surface area (TPSA) is 21.3 Å². The van der Waals surface area contributed by atoms with Gasteiger partial charge in [0, 0.05) is 11.7 Å². The van der Waals surface area contributed by atoms with Crippen LogP contribution in [0.1, 0.15) is 52.4 Å². The Kier molecular flexibility index (Phi) is 5.56. The molecular weight excluding hydrogens is 234 g/mol. The normalized spacial score (nSPS) is 18.0. The standard InChI is InChI=1S/C17H27NO/c1-3-14(2)13-19-17-11-9-16(10-12-17)18-15-7-5-4-6-8-15/h9-12,14-15,18H,3-8,13H2,1-2H3. The number of benzene rings is 1. The maximum Gasteiger partial charge on any atom is 0.119 e. The van der Waals surface area contributed by atoms with Crippen molar-refractivity contribution in [2.75, 3.05) is 11.9 Å². The number of nitrogens with one attached hydrogen (secondary N) is 1. The number of hydrogen-bond donors (Lipinski definition) is 1. The number of rotatable bonds is 6. The number of hydrogen-bond acceptors (Lipinski definition) is 2. The molecule has 0 heterocycles. The zero-order valence-electron chi connectivity index (χ0n) is 12.3. The zero-order chi connectivity index (χ0) is 13.5. The van der Waals surface area contributed by atoms with Crippen LogP contribution in [0.2, 0.25) is 0 Å². The summed E-state index contributed by atoms with van der Waals surface area (Å²) in [5.74, 6) is 1.61. The molecule has 1 fully saturated rings. The monoisotopic (exact) mass is 261 g/mol. The van der Waals surface area contributed by atoms with Crippen LogP contribution in [0, 0.1) is 5.92 Å². The molecule has 0 bridgehead atoms. The largest absolute Gasteiger partial charge is 0.493 e. The highest BCUT2D eigenvalue weighted by Crippen LogP contribution is 2.23. The van der Waals surface area contributed by atoms with E-state index in [1.807, 2.05) is 0 Å². The summed E-state index contributed by atoms with van der Waals surface area (Å²) in [6, 6.07) is 9.10. The van der Waals surface area contributed by atoms with E-state index in [0.29, 0.717) is 12.0 Å². The van der Waals surface area contributed by atoms with Gasteiger partial charge in [-0.05, 0) is 43.0 Å². The molecule has 2 heteroatoms. The third kappa shape index (κ3) is 4.77. The lowest BCUT2D eigenvalue weighted by molar-refractivity contribution is 0.256. The van der Waals surface area contributed by atoms with E-state index in [0.717, 1.165) is 12.4 Å². The lowest BCUT2D eigenvalue weighted by Gasteiger charge is -2.24. The Balaban J connectivity index is 1.80. The molecular formula is C17H27NO. The van der Waals surface area contributed by atoms with Gasteiger partial charge < -0.3 is 10.1 Å². The van der Waals surface area contributed by atoms with Crippen LogP contribution >= 0.6 is 0 Å². The minimum atomic E-state index is 0.625. The molecule has 106 valence electrons. The molecule has 0 saturated heterocycles. The van der Waals surface area contributed by atoms with Crippen molar-refractivity contribution in [2.45, 2.75) is 58.4 Å². The first kappa shape index (κ1) is 14.2. The molecule has 1 atom stereocenters. The van der Waals surface area contributed by atoms with E-state index in [1.165, 1.54) is 44.2 Å². The third-order valence-corrected chi connectivity index (χ3v) is 4.06. The van der Waals surface area contributed by atoms with E-state index >= 15 is 0 Å². The van der Waals surface area contributed by atoms with Gasteiger partial charge in [-0.2, -0.15) is 0 Å². The SMILES string of the molecule is CCC(C)COc1ccc(NC2CCCCC2)cc1. The van der Waals surface area contributed by atoms with Crippen molar-refractivity contribution in [3.05, 3.63) is 24.3 Å². The Morgan fingerprint density at radius 1 is 1.16 bits per heavy atom. The van der Waals surface area contributed by atoms with E-state index < -0.39 is 0 Å². The molecule has 1 saturated carbocycles. The van der Waals surface area contributed by atoms with Gasteiger partial charge in [-0.1, -0.05) is 39.5 Å². The maximum atomic E-state index is 5.78. The van der Waals surface area contributed by atoms with E-state index in [4.69, 9.17) is 4.74 Å². The van der Waals surface area contributed by atoms with Crippen molar-refractivity contribution in [3.8, 4) is 5.75 Å². The molecule has 1 N–H and O–H groups in total. The van der Waals surface area contributed by atoms with E-state index in [2.05, 4.69) is 43.4 Å². The molecule has 2 nitrogen and oxygen atoms in total. The molecule has 0 radical (unpaired) electrons. The molecule has 1 aromatic rings. The minimum Gasteiger partial charge on any atom is -0.493 e. The van der Waals surface area contributed by atoms with Gasteiger partial charge in [-0.3, -0.25) is 0 Å². The Bertz CT molecular complexity index is 354. The van der Waals surface area contributed by atoms with Crippen LogP contribution < -0.4 is 10.1 Å². The summed E-state index contributed by atoms with van der Waals surface area (Å²) >= 11 is 0. The summed E-state index contributed by atoms with van der Waals surface area (Å²) in [6.45, 7) is 5.23. The van der Waals surface area contributed by atoms with Crippen LogP contribution in [0.25, 0.3) is 0 Å². The number of ether oxygens (including phenoxy) is 1. The molecule has 1 unspecified atom stereocenters. The first-order valence-electron chi connectivity index (χ1n) is 7.77. The van der Waals surface area contributed by atoms with Crippen LogP contribution in [0.5, 0.6) is 5.75 Å². The first-order chi connectivity index (χ1) is 9.28. The van der Waals surface area contributed by atoms with Crippen LogP contribution in [-0.4, -0.2) is 12.6 Å². The van der Waals surface area contributed by atoms with Crippen molar-refractivity contribution >= 4 is 5.69 Å².